The van der Waals surface area contributed by atoms with E-state index < -0.39 is 5.97 Å². The van der Waals surface area contributed by atoms with Crippen LogP contribution in [0.2, 0.25) is 0 Å². The SMILES string of the molecule is CC(=CCN1CCCc2cc(C)ccc21)C(=O)O. The van der Waals surface area contributed by atoms with Gasteiger partial charge < -0.3 is 10.0 Å². The second kappa shape index (κ2) is 5.25. The van der Waals surface area contributed by atoms with Gasteiger partial charge in [-0.3, -0.25) is 0 Å². The van der Waals surface area contributed by atoms with Crippen LogP contribution < -0.4 is 4.90 Å². The van der Waals surface area contributed by atoms with E-state index in [2.05, 4.69) is 30.0 Å². The van der Waals surface area contributed by atoms with Crippen LogP contribution in [-0.2, 0) is 11.2 Å². The van der Waals surface area contributed by atoms with Gasteiger partial charge in [-0.05, 0) is 38.3 Å². The molecule has 2 rings (SSSR count). The van der Waals surface area contributed by atoms with Crippen molar-refractivity contribution in [2.24, 2.45) is 0 Å². The quantitative estimate of drug-likeness (QED) is 0.832. The highest BCUT2D eigenvalue weighted by molar-refractivity contribution is 5.85. The minimum absolute atomic E-state index is 0.411. The molecule has 0 unspecified atom stereocenters. The zero-order chi connectivity index (χ0) is 13.1. The number of carbonyl (C=O) groups is 1. The Labute approximate surface area is 108 Å². The number of rotatable bonds is 3. The van der Waals surface area contributed by atoms with E-state index >= 15 is 0 Å². The number of carboxylic acids is 1. The lowest BCUT2D eigenvalue weighted by molar-refractivity contribution is -0.132. The van der Waals surface area contributed by atoms with E-state index in [1.54, 1.807) is 13.0 Å². The number of hydrogen-bond donors (Lipinski definition) is 1. The van der Waals surface area contributed by atoms with Crippen molar-refractivity contribution >= 4 is 11.7 Å². The zero-order valence-corrected chi connectivity index (χ0v) is 10.9. The number of nitrogens with zero attached hydrogens (tertiary/aromatic N) is 1. The van der Waals surface area contributed by atoms with Crippen LogP contribution in [0.15, 0.2) is 29.8 Å². The number of aryl methyl sites for hydroxylation is 2. The fraction of sp³-hybridized carbons (Fsp3) is 0.400. The molecule has 1 aliphatic rings. The van der Waals surface area contributed by atoms with Crippen molar-refractivity contribution in [2.75, 3.05) is 18.0 Å². The Morgan fingerprint density at radius 3 is 3.00 bits per heavy atom. The Kier molecular flexibility index (Phi) is 3.70. The number of fused-ring (bicyclic) bond motifs is 1. The van der Waals surface area contributed by atoms with Crippen molar-refractivity contribution < 1.29 is 9.90 Å². The number of anilines is 1. The minimum Gasteiger partial charge on any atom is -0.478 e. The van der Waals surface area contributed by atoms with Gasteiger partial charge in [-0.25, -0.2) is 4.79 Å². The molecule has 3 nitrogen and oxygen atoms in total. The minimum atomic E-state index is -0.837. The molecule has 0 aromatic heterocycles. The first-order chi connectivity index (χ1) is 8.58. The lowest BCUT2D eigenvalue weighted by atomic mass is 9.99. The second-order valence-corrected chi connectivity index (χ2v) is 4.87. The fourth-order valence-electron chi connectivity index (χ4n) is 2.33. The van der Waals surface area contributed by atoms with Crippen LogP contribution in [0, 0.1) is 6.92 Å². The van der Waals surface area contributed by atoms with E-state index in [-0.39, 0.29) is 0 Å². The van der Waals surface area contributed by atoms with E-state index in [1.165, 1.54) is 16.8 Å². The molecule has 0 spiro atoms. The van der Waals surface area contributed by atoms with Crippen molar-refractivity contribution in [1.29, 1.82) is 0 Å². The third kappa shape index (κ3) is 2.73. The zero-order valence-electron chi connectivity index (χ0n) is 10.9. The summed E-state index contributed by atoms with van der Waals surface area (Å²) < 4.78 is 0. The van der Waals surface area contributed by atoms with Gasteiger partial charge in [0.1, 0.15) is 0 Å². The van der Waals surface area contributed by atoms with Crippen molar-refractivity contribution in [3.63, 3.8) is 0 Å². The largest absolute Gasteiger partial charge is 0.478 e. The third-order valence-corrected chi connectivity index (χ3v) is 3.41. The highest BCUT2D eigenvalue weighted by atomic mass is 16.4. The molecule has 0 radical (unpaired) electrons. The molecule has 0 aliphatic carbocycles. The number of carboxylic acid groups (broad SMARTS) is 1. The van der Waals surface area contributed by atoms with Crippen LogP contribution in [0.4, 0.5) is 5.69 Å². The van der Waals surface area contributed by atoms with Gasteiger partial charge in [-0.1, -0.05) is 23.8 Å². The maximum absolute atomic E-state index is 10.8. The summed E-state index contributed by atoms with van der Waals surface area (Å²) >= 11 is 0. The van der Waals surface area contributed by atoms with E-state index in [0.717, 1.165) is 19.4 Å². The molecular weight excluding hydrogens is 226 g/mol. The summed E-state index contributed by atoms with van der Waals surface area (Å²) in [7, 11) is 0. The van der Waals surface area contributed by atoms with Gasteiger partial charge in [0.15, 0.2) is 0 Å². The van der Waals surface area contributed by atoms with Gasteiger partial charge in [-0.2, -0.15) is 0 Å². The van der Waals surface area contributed by atoms with Crippen LogP contribution in [0.3, 0.4) is 0 Å². The number of benzene rings is 1. The summed E-state index contributed by atoms with van der Waals surface area (Å²) in [5, 5.41) is 8.86. The molecule has 1 aliphatic heterocycles. The molecule has 0 saturated carbocycles. The Morgan fingerprint density at radius 1 is 1.50 bits per heavy atom. The molecule has 3 heteroatoms. The van der Waals surface area contributed by atoms with Crippen molar-refractivity contribution in [3.8, 4) is 0 Å². The van der Waals surface area contributed by atoms with Gasteiger partial charge in [0.05, 0.1) is 0 Å². The number of aliphatic carboxylic acids is 1. The first-order valence-electron chi connectivity index (χ1n) is 6.32. The van der Waals surface area contributed by atoms with Crippen molar-refractivity contribution in [2.45, 2.75) is 26.7 Å². The van der Waals surface area contributed by atoms with Gasteiger partial charge >= 0.3 is 5.97 Å². The molecule has 0 bridgehead atoms. The van der Waals surface area contributed by atoms with Gasteiger partial charge in [-0.15, -0.1) is 0 Å². The van der Waals surface area contributed by atoms with E-state index in [9.17, 15) is 4.79 Å². The normalized spacial score (nSPS) is 15.4. The Bertz CT molecular complexity index is 491. The molecule has 0 amide bonds. The molecule has 1 aromatic carbocycles. The van der Waals surface area contributed by atoms with Crippen LogP contribution in [0.1, 0.15) is 24.5 Å². The summed E-state index contributed by atoms with van der Waals surface area (Å²) in [5.74, 6) is -0.837. The fourth-order valence-corrected chi connectivity index (χ4v) is 2.33. The molecule has 1 aromatic rings. The van der Waals surface area contributed by atoms with E-state index in [1.807, 2.05) is 0 Å². The lowest BCUT2D eigenvalue weighted by Gasteiger charge is -2.30. The molecular formula is C15H19NO2. The molecule has 0 saturated heterocycles. The van der Waals surface area contributed by atoms with E-state index in [0.29, 0.717) is 12.1 Å². The average molecular weight is 245 g/mol. The summed E-state index contributed by atoms with van der Waals surface area (Å²) in [6, 6.07) is 6.49. The first kappa shape index (κ1) is 12.7. The maximum Gasteiger partial charge on any atom is 0.331 e. The predicted octanol–water partition coefficient (Wildman–Crippen LogP) is 2.78. The molecule has 0 atom stereocenters. The smallest absolute Gasteiger partial charge is 0.331 e. The average Bonchev–Trinajstić information content (AvgIpc) is 2.35. The van der Waals surface area contributed by atoms with Crippen LogP contribution in [-0.4, -0.2) is 24.2 Å². The van der Waals surface area contributed by atoms with Crippen LogP contribution in [0.5, 0.6) is 0 Å². The van der Waals surface area contributed by atoms with Crippen LogP contribution >= 0.6 is 0 Å². The topological polar surface area (TPSA) is 40.5 Å². The maximum atomic E-state index is 10.8. The van der Waals surface area contributed by atoms with E-state index in [4.69, 9.17) is 5.11 Å². The van der Waals surface area contributed by atoms with Crippen LogP contribution in [0.25, 0.3) is 0 Å². The standard InChI is InChI=1S/C15H19NO2/c1-11-5-6-14-13(10-11)4-3-8-16(14)9-7-12(2)15(17)18/h5-7,10H,3-4,8-9H2,1-2H3,(H,17,18). The lowest BCUT2D eigenvalue weighted by Crippen LogP contribution is -2.29. The van der Waals surface area contributed by atoms with Gasteiger partial charge in [0.2, 0.25) is 0 Å². The number of hydrogen-bond acceptors (Lipinski definition) is 2. The van der Waals surface area contributed by atoms with Crippen molar-refractivity contribution in [3.05, 3.63) is 41.0 Å². The Morgan fingerprint density at radius 2 is 2.28 bits per heavy atom. The molecule has 1 N–H and O–H groups in total. The monoisotopic (exact) mass is 245 g/mol. The summed E-state index contributed by atoms with van der Waals surface area (Å²) in [6.07, 6.45) is 4.04. The first-order valence-corrected chi connectivity index (χ1v) is 6.32. The molecule has 96 valence electrons. The predicted molar refractivity (Wildman–Crippen MR) is 73.1 cm³/mol. The highest BCUT2D eigenvalue weighted by Crippen LogP contribution is 2.27. The van der Waals surface area contributed by atoms with Crippen molar-refractivity contribution in [1.82, 2.24) is 0 Å². The summed E-state index contributed by atoms with van der Waals surface area (Å²) in [4.78, 5) is 13.0. The Hall–Kier alpha value is -1.77. The van der Waals surface area contributed by atoms with Gasteiger partial charge in [0, 0.05) is 24.4 Å². The van der Waals surface area contributed by atoms with Gasteiger partial charge in [0.25, 0.3) is 0 Å². The molecule has 18 heavy (non-hydrogen) atoms. The third-order valence-electron chi connectivity index (χ3n) is 3.41. The summed E-state index contributed by atoms with van der Waals surface area (Å²) in [5.41, 5.74) is 4.33. The molecule has 0 fully saturated rings. The molecule has 1 heterocycles. The summed E-state index contributed by atoms with van der Waals surface area (Å²) in [6.45, 7) is 5.42. The highest BCUT2D eigenvalue weighted by Gasteiger charge is 2.15. The Balaban J connectivity index is 2.18. The second-order valence-electron chi connectivity index (χ2n) is 4.87.